The second kappa shape index (κ2) is 7.04. The average Bonchev–Trinajstić information content (AvgIpc) is 3.02. The molecule has 0 spiro atoms. The number of carbonyl (C=O) groups is 1. The van der Waals surface area contributed by atoms with Crippen molar-refractivity contribution in [2.45, 2.75) is 25.4 Å². The molecule has 3 unspecified atom stereocenters. The molecule has 2 fully saturated rings. The highest BCUT2D eigenvalue weighted by molar-refractivity contribution is 7.91. The van der Waals surface area contributed by atoms with E-state index in [0.717, 1.165) is 6.54 Å². The van der Waals surface area contributed by atoms with Crippen molar-refractivity contribution in [3.63, 3.8) is 0 Å². The fraction of sp³-hybridized carbons (Fsp3) is 0.923. The van der Waals surface area contributed by atoms with Crippen LogP contribution in [0.1, 0.15) is 13.3 Å². The second-order valence-corrected chi connectivity index (χ2v) is 7.85. The van der Waals surface area contributed by atoms with Gasteiger partial charge in [-0.25, -0.2) is 8.42 Å². The Hall–Kier alpha value is -0.700. The third kappa shape index (κ3) is 3.94. The minimum atomic E-state index is -3.06. The van der Waals surface area contributed by atoms with E-state index in [9.17, 15) is 18.3 Å². The molecule has 0 aromatic heterocycles. The summed E-state index contributed by atoms with van der Waals surface area (Å²) in [4.78, 5) is 14.3. The molecule has 21 heavy (non-hydrogen) atoms. The van der Waals surface area contributed by atoms with Crippen molar-refractivity contribution in [3.8, 4) is 0 Å². The molecule has 0 radical (unpaired) electrons. The molecule has 1 amide bonds. The molecule has 8 heteroatoms. The molecule has 0 aromatic carbocycles. The van der Waals surface area contributed by atoms with Crippen LogP contribution in [0.25, 0.3) is 0 Å². The van der Waals surface area contributed by atoms with Gasteiger partial charge in [-0.05, 0) is 13.0 Å². The Morgan fingerprint density at radius 2 is 2.19 bits per heavy atom. The first-order valence-corrected chi connectivity index (χ1v) is 9.23. The first kappa shape index (κ1) is 16.7. The molecule has 122 valence electrons. The summed E-state index contributed by atoms with van der Waals surface area (Å²) in [6, 6.07) is -0.362. The van der Waals surface area contributed by atoms with Crippen molar-refractivity contribution < 1.29 is 23.1 Å². The third-order valence-electron chi connectivity index (χ3n) is 4.14. The molecule has 3 atom stereocenters. The van der Waals surface area contributed by atoms with E-state index in [4.69, 9.17) is 4.74 Å². The van der Waals surface area contributed by atoms with Gasteiger partial charge in [0.1, 0.15) is 0 Å². The van der Waals surface area contributed by atoms with Crippen LogP contribution >= 0.6 is 0 Å². The number of ether oxygens (including phenoxy) is 1. The summed E-state index contributed by atoms with van der Waals surface area (Å²) in [5.74, 6) is -0.308. The third-order valence-corrected chi connectivity index (χ3v) is 5.89. The lowest BCUT2D eigenvalue weighted by Gasteiger charge is -2.31. The van der Waals surface area contributed by atoms with Gasteiger partial charge in [-0.3, -0.25) is 4.79 Å². The van der Waals surface area contributed by atoms with Crippen molar-refractivity contribution in [3.05, 3.63) is 0 Å². The van der Waals surface area contributed by atoms with Gasteiger partial charge in [0.05, 0.1) is 37.2 Å². The standard InChI is InChI=1S/C13H24N2O5S/c1-2-14-12-8-20-7-11(12)13(17)15(4-5-16)10-3-6-21(18,19)9-10/h10-12,14,16H,2-9H2,1H3. The summed E-state index contributed by atoms with van der Waals surface area (Å²) in [7, 11) is -3.06. The molecule has 7 nitrogen and oxygen atoms in total. The number of amides is 1. The summed E-state index contributed by atoms with van der Waals surface area (Å²) in [5.41, 5.74) is 0. The van der Waals surface area contributed by atoms with E-state index < -0.39 is 9.84 Å². The predicted octanol–water partition coefficient (Wildman–Crippen LogP) is -1.38. The number of aliphatic hydroxyl groups is 1. The van der Waals surface area contributed by atoms with Crippen molar-refractivity contribution in [2.75, 3.05) is 44.4 Å². The van der Waals surface area contributed by atoms with E-state index >= 15 is 0 Å². The smallest absolute Gasteiger partial charge is 0.230 e. The summed E-state index contributed by atoms with van der Waals surface area (Å²) in [6.45, 7) is 3.55. The monoisotopic (exact) mass is 320 g/mol. The lowest BCUT2D eigenvalue weighted by molar-refractivity contribution is -0.138. The maximum absolute atomic E-state index is 12.7. The maximum Gasteiger partial charge on any atom is 0.230 e. The maximum atomic E-state index is 12.7. The van der Waals surface area contributed by atoms with E-state index in [0.29, 0.717) is 19.6 Å². The molecule has 0 saturated carbocycles. The number of rotatable bonds is 6. The van der Waals surface area contributed by atoms with Crippen LogP contribution < -0.4 is 5.32 Å². The molecule has 2 aliphatic heterocycles. The van der Waals surface area contributed by atoms with Gasteiger partial charge >= 0.3 is 0 Å². The highest BCUT2D eigenvalue weighted by atomic mass is 32.2. The summed E-state index contributed by atoms with van der Waals surface area (Å²) < 4.78 is 28.6. The van der Waals surface area contributed by atoms with E-state index in [1.807, 2.05) is 6.92 Å². The number of nitrogens with zero attached hydrogens (tertiary/aromatic N) is 1. The molecule has 2 aliphatic rings. The van der Waals surface area contributed by atoms with Gasteiger partial charge in [0.2, 0.25) is 5.91 Å². The van der Waals surface area contributed by atoms with Crippen LogP contribution in [0.4, 0.5) is 0 Å². The van der Waals surface area contributed by atoms with Gasteiger partial charge in [-0.2, -0.15) is 0 Å². The zero-order valence-electron chi connectivity index (χ0n) is 12.3. The molecule has 2 rings (SSSR count). The van der Waals surface area contributed by atoms with Gasteiger partial charge in [0.15, 0.2) is 9.84 Å². The van der Waals surface area contributed by atoms with Crippen molar-refractivity contribution in [1.29, 1.82) is 0 Å². The Morgan fingerprint density at radius 1 is 1.43 bits per heavy atom. The first-order chi connectivity index (χ1) is 9.98. The summed E-state index contributed by atoms with van der Waals surface area (Å²) >= 11 is 0. The second-order valence-electron chi connectivity index (χ2n) is 5.62. The highest BCUT2D eigenvalue weighted by Gasteiger charge is 2.41. The van der Waals surface area contributed by atoms with Crippen molar-refractivity contribution >= 4 is 15.7 Å². The molecular weight excluding hydrogens is 296 g/mol. The van der Waals surface area contributed by atoms with E-state index in [2.05, 4.69) is 5.32 Å². The van der Waals surface area contributed by atoms with Crippen LogP contribution in [-0.2, 0) is 19.4 Å². The Bertz CT molecular complexity index is 467. The zero-order valence-corrected chi connectivity index (χ0v) is 13.1. The van der Waals surface area contributed by atoms with Crippen LogP contribution in [-0.4, -0.2) is 80.8 Å². The van der Waals surface area contributed by atoms with Gasteiger partial charge in [0.25, 0.3) is 0 Å². The number of aliphatic hydroxyl groups excluding tert-OH is 1. The summed E-state index contributed by atoms with van der Waals surface area (Å²) in [5, 5.41) is 12.4. The Labute approximate surface area is 125 Å². The summed E-state index contributed by atoms with van der Waals surface area (Å²) in [6.07, 6.45) is 0.452. The van der Waals surface area contributed by atoms with Gasteiger partial charge < -0.3 is 20.1 Å². The molecule has 2 saturated heterocycles. The first-order valence-electron chi connectivity index (χ1n) is 7.41. The Kier molecular flexibility index (Phi) is 5.59. The Morgan fingerprint density at radius 3 is 2.76 bits per heavy atom. The fourth-order valence-corrected chi connectivity index (χ4v) is 4.81. The molecule has 0 bridgehead atoms. The minimum Gasteiger partial charge on any atom is -0.395 e. The van der Waals surface area contributed by atoms with Gasteiger partial charge in [-0.1, -0.05) is 6.92 Å². The van der Waals surface area contributed by atoms with Gasteiger partial charge in [-0.15, -0.1) is 0 Å². The minimum absolute atomic E-state index is 0.00180. The molecule has 2 heterocycles. The molecule has 2 N–H and O–H groups in total. The normalized spacial score (nSPS) is 31.4. The number of nitrogens with one attached hydrogen (secondary N) is 1. The highest BCUT2D eigenvalue weighted by Crippen LogP contribution is 2.23. The SMILES string of the molecule is CCNC1COCC1C(=O)N(CCO)C1CCS(=O)(=O)C1. The predicted molar refractivity (Wildman–Crippen MR) is 77.6 cm³/mol. The van der Waals surface area contributed by atoms with Crippen LogP contribution in [0.5, 0.6) is 0 Å². The number of likely N-dealkylation sites (N-methyl/N-ethyl adjacent to an activating group) is 1. The Balaban J connectivity index is 2.08. The number of hydrogen-bond donors (Lipinski definition) is 2. The zero-order chi connectivity index (χ0) is 15.5. The van der Waals surface area contributed by atoms with Crippen molar-refractivity contribution in [2.24, 2.45) is 5.92 Å². The number of carbonyl (C=O) groups excluding carboxylic acids is 1. The number of hydrogen-bond acceptors (Lipinski definition) is 6. The quantitative estimate of drug-likeness (QED) is 0.626. The van der Waals surface area contributed by atoms with Crippen LogP contribution in [0.15, 0.2) is 0 Å². The van der Waals surface area contributed by atoms with Crippen LogP contribution in [0.3, 0.4) is 0 Å². The molecule has 0 aliphatic carbocycles. The van der Waals surface area contributed by atoms with E-state index in [1.165, 1.54) is 4.90 Å². The van der Waals surface area contributed by atoms with Crippen molar-refractivity contribution in [1.82, 2.24) is 10.2 Å². The fourth-order valence-electron chi connectivity index (χ4n) is 3.08. The van der Waals surface area contributed by atoms with Gasteiger partial charge in [0, 0.05) is 18.6 Å². The van der Waals surface area contributed by atoms with E-state index in [-0.39, 0.29) is 48.6 Å². The van der Waals surface area contributed by atoms with Crippen LogP contribution in [0, 0.1) is 5.92 Å². The molecule has 0 aromatic rings. The lowest BCUT2D eigenvalue weighted by Crippen LogP contribution is -2.50. The lowest BCUT2D eigenvalue weighted by atomic mass is 10.0. The topological polar surface area (TPSA) is 95.9 Å². The average molecular weight is 320 g/mol. The van der Waals surface area contributed by atoms with Crippen LogP contribution in [0.2, 0.25) is 0 Å². The molecular formula is C13H24N2O5S. The van der Waals surface area contributed by atoms with E-state index in [1.54, 1.807) is 0 Å². The number of sulfone groups is 1. The largest absolute Gasteiger partial charge is 0.395 e.